The Morgan fingerprint density at radius 3 is 2.51 bits per heavy atom. The molecule has 1 N–H and O–H groups in total. The average Bonchev–Trinajstić information content (AvgIpc) is 2.79. The van der Waals surface area contributed by atoms with Gasteiger partial charge in [0, 0.05) is 29.3 Å². The number of ether oxygens (including phenoxy) is 1. The van der Waals surface area contributed by atoms with E-state index in [0.29, 0.717) is 24.5 Å². The van der Waals surface area contributed by atoms with Crippen molar-refractivity contribution in [3.05, 3.63) is 70.8 Å². The fourth-order valence-corrected chi connectivity index (χ4v) is 6.16. The van der Waals surface area contributed by atoms with E-state index in [4.69, 9.17) is 4.74 Å². The molecule has 1 saturated carbocycles. The lowest BCUT2D eigenvalue weighted by atomic mass is 9.77. The summed E-state index contributed by atoms with van der Waals surface area (Å²) in [6.45, 7) is 1.72. The summed E-state index contributed by atoms with van der Waals surface area (Å²) in [4.78, 5) is 28.6. The molecule has 2 aliphatic rings. The standard InChI is InChI=1S/C25H28F2N2O5S/c1-3-34-25(31)22-16-8-4-5-9-17(16)24(30)29(23(22)18-13-12-15(26)14-19(18)27)21-11-7-6-10-20(21)28-35(2,32)33/h4-5,8-9,12-14,20-23,28H,3,6-7,10-11H2,1-2H3. The van der Waals surface area contributed by atoms with Crippen LogP contribution >= 0.6 is 0 Å². The molecule has 4 atom stereocenters. The minimum atomic E-state index is -3.61. The molecule has 2 aromatic carbocycles. The molecule has 2 aromatic rings. The van der Waals surface area contributed by atoms with E-state index in [9.17, 15) is 22.4 Å². The number of rotatable bonds is 6. The first-order valence-electron chi connectivity index (χ1n) is 11.6. The van der Waals surface area contributed by atoms with Crippen LogP contribution in [0.1, 0.15) is 66.1 Å². The van der Waals surface area contributed by atoms with Crippen LogP contribution in [-0.4, -0.2) is 50.1 Å². The highest BCUT2D eigenvalue weighted by molar-refractivity contribution is 7.88. The molecule has 0 aromatic heterocycles. The molecule has 35 heavy (non-hydrogen) atoms. The van der Waals surface area contributed by atoms with Crippen LogP contribution in [-0.2, 0) is 19.6 Å². The fourth-order valence-electron chi connectivity index (χ4n) is 5.33. The van der Waals surface area contributed by atoms with E-state index < -0.39 is 57.6 Å². The predicted octanol–water partition coefficient (Wildman–Crippen LogP) is 3.67. The van der Waals surface area contributed by atoms with E-state index in [-0.39, 0.29) is 17.7 Å². The quantitative estimate of drug-likeness (QED) is 0.604. The van der Waals surface area contributed by atoms with Gasteiger partial charge in [0.2, 0.25) is 10.0 Å². The molecule has 0 bridgehead atoms. The number of halogens is 2. The third-order valence-corrected chi connectivity index (χ3v) is 7.38. The van der Waals surface area contributed by atoms with E-state index in [1.807, 2.05) is 0 Å². The van der Waals surface area contributed by atoms with Crippen LogP contribution in [0.5, 0.6) is 0 Å². The van der Waals surface area contributed by atoms with Crippen LogP contribution in [0.3, 0.4) is 0 Å². The van der Waals surface area contributed by atoms with Crippen LogP contribution in [0.25, 0.3) is 0 Å². The van der Waals surface area contributed by atoms with Gasteiger partial charge in [0.25, 0.3) is 5.91 Å². The maximum atomic E-state index is 15.2. The number of hydrogen-bond acceptors (Lipinski definition) is 5. The van der Waals surface area contributed by atoms with Crippen molar-refractivity contribution in [2.24, 2.45) is 0 Å². The van der Waals surface area contributed by atoms with Crippen LogP contribution in [0.15, 0.2) is 42.5 Å². The second kappa shape index (κ2) is 10.0. The van der Waals surface area contributed by atoms with E-state index in [0.717, 1.165) is 25.2 Å². The Bertz CT molecular complexity index is 1240. The summed E-state index contributed by atoms with van der Waals surface area (Å²) >= 11 is 0. The van der Waals surface area contributed by atoms with E-state index in [1.54, 1.807) is 31.2 Å². The highest BCUT2D eigenvalue weighted by Crippen LogP contribution is 2.47. The van der Waals surface area contributed by atoms with Crippen molar-refractivity contribution in [2.45, 2.75) is 56.7 Å². The van der Waals surface area contributed by atoms with Gasteiger partial charge >= 0.3 is 5.97 Å². The molecular formula is C25H28F2N2O5S. The first-order chi connectivity index (χ1) is 16.6. The highest BCUT2D eigenvalue weighted by atomic mass is 32.2. The summed E-state index contributed by atoms with van der Waals surface area (Å²) in [5.74, 6) is -3.85. The van der Waals surface area contributed by atoms with Gasteiger partial charge < -0.3 is 9.64 Å². The van der Waals surface area contributed by atoms with Crippen LogP contribution in [0, 0.1) is 11.6 Å². The number of carbonyl (C=O) groups is 2. The third kappa shape index (κ3) is 5.08. The largest absolute Gasteiger partial charge is 0.465 e. The lowest BCUT2D eigenvalue weighted by Gasteiger charge is -2.48. The summed E-state index contributed by atoms with van der Waals surface area (Å²) in [6.07, 6.45) is 3.45. The predicted molar refractivity (Wildman–Crippen MR) is 125 cm³/mol. The number of fused-ring (bicyclic) bond motifs is 1. The Balaban J connectivity index is 1.94. The number of nitrogens with one attached hydrogen (secondary N) is 1. The first kappa shape index (κ1) is 25.2. The van der Waals surface area contributed by atoms with Gasteiger partial charge in [-0.3, -0.25) is 9.59 Å². The first-order valence-corrected chi connectivity index (χ1v) is 13.5. The molecule has 1 heterocycles. The van der Waals surface area contributed by atoms with E-state index >= 15 is 4.39 Å². The van der Waals surface area contributed by atoms with Crippen molar-refractivity contribution < 1.29 is 31.5 Å². The Morgan fingerprint density at radius 1 is 1.11 bits per heavy atom. The zero-order valence-corrected chi connectivity index (χ0v) is 20.4. The number of amides is 1. The summed E-state index contributed by atoms with van der Waals surface area (Å²) in [5, 5.41) is 0. The molecule has 188 valence electrons. The second-order valence-electron chi connectivity index (χ2n) is 8.99. The Labute approximate surface area is 203 Å². The maximum Gasteiger partial charge on any atom is 0.315 e. The number of sulfonamides is 1. The van der Waals surface area contributed by atoms with Gasteiger partial charge in [-0.25, -0.2) is 21.9 Å². The SMILES string of the molecule is CCOC(=O)C1c2ccccc2C(=O)N(C2CCCCC2NS(C)(=O)=O)C1c1ccc(F)cc1F. The molecule has 4 unspecified atom stereocenters. The zero-order valence-electron chi connectivity index (χ0n) is 19.5. The summed E-state index contributed by atoms with van der Waals surface area (Å²) in [7, 11) is -3.61. The van der Waals surface area contributed by atoms with Crippen molar-refractivity contribution in [3.8, 4) is 0 Å². The molecule has 1 fully saturated rings. The van der Waals surface area contributed by atoms with E-state index in [2.05, 4.69) is 4.72 Å². The lowest BCUT2D eigenvalue weighted by molar-refractivity contribution is -0.147. The molecule has 1 aliphatic heterocycles. The molecule has 0 radical (unpaired) electrons. The third-order valence-electron chi connectivity index (χ3n) is 6.65. The normalized spacial score (nSPS) is 24.7. The Hall–Kier alpha value is -2.85. The summed E-state index contributed by atoms with van der Waals surface area (Å²) in [5.41, 5.74) is 0.633. The van der Waals surface area contributed by atoms with Gasteiger partial charge in [-0.2, -0.15) is 0 Å². The zero-order chi connectivity index (χ0) is 25.3. The molecule has 10 heteroatoms. The summed E-state index contributed by atoms with van der Waals surface area (Å²) < 4.78 is 61.3. The van der Waals surface area contributed by atoms with Crippen LogP contribution in [0.2, 0.25) is 0 Å². The monoisotopic (exact) mass is 506 g/mol. The fraction of sp³-hybridized carbons (Fsp3) is 0.440. The summed E-state index contributed by atoms with van der Waals surface area (Å²) in [6, 6.07) is 7.19. The average molecular weight is 507 g/mol. The minimum absolute atomic E-state index is 0.0315. The smallest absolute Gasteiger partial charge is 0.315 e. The number of benzene rings is 2. The molecule has 0 spiro atoms. The van der Waals surface area contributed by atoms with Gasteiger partial charge in [-0.15, -0.1) is 0 Å². The van der Waals surface area contributed by atoms with Gasteiger partial charge in [0.1, 0.15) is 17.6 Å². The molecule has 7 nitrogen and oxygen atoms in total. The lowest BCUT2D eigenvalue weighted by Crippen LogP contribution is -2.58. The van der Waals surface area contributed by atoms with Gasteiger partial charge in [-0.05, 0) is 37.5 Å². The molecular weight excluding hydrogens is 478 g/mol. The van der Waals surface area contributed by atoms with Crippen molar-refractivity contribution in [2.75, 3.05) is 12.9 Å². The van der Waals surface area contributed by atoms with Crippen LogP contribution in [0.4, 0.5) is 8.78 Å². The Kier molecular flexibility index (Phi) is 7.23. The number of carbonyl (C=O) groups excluding carboxylic acids is 2. The van der Waals surface area contributed by atoms with Gasteiger partial charge in [0.15, 0.2) is 0 Å². The van der Waals surface area contributed by atoms with Gasteiger partial charge in [0.05, 0.1) is 18.9 Å². The maximum absolute atomic E-state index is 15.2. The molecule has 1 amide bonds. The van der Waals surface area contributed by atoms with Crippen molar-refractivity contribution in [3.63, 3.8) is 0 Å². The Morgan fingerprint density at radius 2 is 1.83 bits per heavy atom. The van der Waals surface area contributed by atoms with Gasteiger partial charge in [-0.1, -0.05) is 37.1 Å². The number of nitrogens with zero attached hydrogens (tertiary/aromatic N) is 1. The second-order valence-corrected chi connectivity index (χ2v) is 10.8. The van der Waals surface area contributed by atoms with Crippen LogP contribution < -0.4 is 4.72 Å². The number of esters is 1. The van der Waals surface area contributed by atoms with Crippen molar-refractivity contribution >= 4 is 21.9 Å². The van der Waals surface area contributed by atoms with E-state index in [1.165, 1.54) is 11.0 Å². The minimum Gasteiger partial charge on any atom is -0.465 e. The topological polar surface area (TPSA) is 92.8 Å². The highest BCUT2D eigenvalue weighted by Gasteiger charge is 2.50. The molecule has 4 rings (SSSR count). The molecule has 0 saturated heterocycles. The van der Waals surface area contributed by atoms with Crippen molar-refractivity contribution in [1.29, 1.82) is 0 Å². The number of hydrogen-bond donors (Lipinski definition) is 1. The van der Waals surface area contributed by atoms with Crippen molar-refractivity contribution in [1.82, 2.24) is 9.62 Å². The molecule has 1 aliphatic carbocycles.